The summed E-state index contributed by atoms with van der Waals surface area (Å²) in [5.41, 5.74) is 1.21. The van der Waals surface area contributed by atoms with E-state index >= 15 is 0 Å². The van der Waals surface area contributed by atoms with Crippen molar-refractivity contribution in [1.82, 2.24) is 5.32 Å². The van der Waals surface area contributed by atoms with E-state index in [1.165, 1.54) is 31.2 Å². The van der Waals surface area contributed by atoms with Gasteiger partial charge in [-0.1, -0.05) is 26.0 Å². The summed E-state index contributed by atoms with van der Waals surface area (Å²) in [4.78, 5) is 0. The zero-order chi connectivity index (χ0) is 14.5. The second-order valence-electron chi connectivity index (χ2n) is 6.75. The van der Waals surface area contributed by atoms with Gasteiger partial charge in [-0.3, -0.25) is 0 Å². The normalized spacial score (nSPS) is 24.9. The molecule has 0 amide bonds. The van der Waals surface area contributed by atoms with Crippen LogP contribution in [0.5, 0.6) is 0 Å². The summed E-state index contributed by atoms with van der Waals surface area (Å²) in [6.07, 6.45) is 6.30. The van der Waals surface area contributed by atoms with Crippen molar-refractivity contribution in [2.75, 3.05) is 0 Å². The highest BCUT2D eigenvalue weighted by atomic mass is 19.1. The van der Waals surface area contributed by atoms with Crippen molar-refractivity contribution in [3.8, 4) is 0 Å². The number of rotatable bonds is 5. The molecule has 1 aromatic rings. The van der Waals surface area contributed by atoms with Gasteiger partial charge < -0.3 is 5.32 Å². The molecule has 2 heteroatoms. The third kappa shape index (κ3) is 4.59. The first-order valence-electron chi connectivity index (χ1n) is 8.05. The van der Waals surface area contributed by atoms with Gasteiger partial charge in [0.1, 0.15) is 5.82 Å². The van der Waals surface area contributed by atoms with E-state index in [9.17, 15) is 4.39 Å². The lowest BCUT2D eigenvalue weighted by atomic mass is 9.79. The minimum absolute atomic E-state index is 0.152. The second-order valence-corrected chi connectivity index (χ2v) is 6.75. The maximum Gasteiger partial charge on any atom is 0.123 e. The molecule has 0 bridgehead atoms. The van der Waals surface area contributed by atoms with Crippen LogP contribution in [0.25, 0.3) is 0 Å². The molecule has 2 rings (SSSR count). The number of nitrogens with one attached hydrogen (secondary N) is 1. The topological polar surface area (TPSA) is 12.0 Å². The lowest BCUT2D eigenvalue weighted by molar-refractivity contribution is 0.230. The Hall–Kier alpha value is -0.890. The first-order valence-corrected chi connectivity index (χ1v) is 8.05. The fraction of sp³-hybridized carbons (Fsp3) is 0.667. The molecule has 1 unspecified atom stereocenters. The summed E-state index contributed by atoms with van der Waals surface area (Å²) >= 11 is 0. The average Bonchev–Trinajstić information content (AvgIpc) is 2.42. The Morgan fingerprint density at radius 3 is 2.20 bits per heavy atom. The minimum Gasteiger partial charge on any atom is -0.311 e. The summed E-state index contributed by atoms with van der Waals surface area (Å²) < 4.78 is 12.9. The van der Waals surface area contributed by atoms with Gasteiger partial charge in [0.05, 0.1) is 0 Å². The smallest absolute Gasteiger partial charge is 0.123 e. The van der Waals surface area contributed by atoms with Crippen molar-refractivity contribution in [2.24, 2.45) is 11.8 Å². The highest BCUT2D eigenvalue weighted by Gasteiger charge is 2.23. The van der Waals surface area contributed by atoms with E-state index in [2.05, 4.69) is 26.1 Å². The Labute approximate surface area is 123 Å². The molecule has 0 radical (unpaired) electrons. The van der Waals surface area contributed by atoms with Gasteiger partial charge in [-0.15, -0.1) is 0 Å². The van der Waals surface area contributed by atoms with Gasteiger partial charge in [0.2, 0.25) is 0 Å². The van der Waals surface area contributed by atoms with Crippen molar-refractivity contribution in [3.63, 3.8) is 0 Å². The molecule has 20 heavy (non-hydrogen) atoms. The molecule has 0 aliphatic heterocycles. The highest BCUT2D eigenvalue weighted by molar-refractivity contribution is 5.17. The standard InChI is InChI=1S/C18H28FN/c1-13(2)16-6-10-18(11-7-16)20-14(3)12-15-4-8-17(19)9-5-15/h4-5,8-9,13-14,16,18,20H,6-7,10-12H2,1-3H3. The molecule has 1 aliphatic rings. The molecule has 1 saturated carbocycles. The van der Waals surface area contributed by atoms with E-state index < -0.39 is 0 Å². The number of halogens is 1. The highest BCUT2D eigenvalue weighted by Crippen LogP contribution is 2.30. The second kappa shape index (κ2) is 7.21. The van der Waals surface area contributed by atoms with Crippen LogP contribution in [0.15, 0.2) is 24.3 Å². The minimum atomic E-state index is -0.152. The fourth-order valence-corrected chi connectivity index (χ4v) is 3.39. The average molecular weight is 277 g/mol. The van der Waals surface area contributed by atoms with E-state index in [0.29, 0.717) is 12.1 Å². The van der Waals surface area contributed by atoms with Crippen LogP contribution in [-0.4, -0.2) is 12.1 Å². The van der Waals surface area contributed by atoms with Crippen molar-refractivity contribution in [2.45, 2.75) is 65.0 Å². The molecule has 0 spiro atoms. The van der Waals surface area contributed by atoms with Crippen LogP contribution in [0.3, 0.4) is 0 Å². The van der Waals surface area contributed by atoms with Crippen molar-refractivity contribution < 1.29 is 4.39 Å². The van der Waals surface area contributed by atoms with Crippen LogP contribution in [0.2, 0.25) is 0 Å². The van der Waals surface area contributed by atoms with Crippen molar-refractivity contribution in [1.29, 1.82) is 0 Å². The molecular formula is C18H28FN. The lowest BCUT2D eigenvalue weighted by Gasteiger charge is -2.33. The van der Waals surface area contributed by atoms with Gasteiger partial charge in [0, 0.05) is 12.1 Å². The monoisotopic (exact) mass is 277 g/mol. The molecule has 0 aromatic heterocycles. The Balaban J connectivity index is 1.75. The molecule has 1 aliphatic carbocycles. The zero-order valence-electron chi connectivity index (χ0n) is 13.0. The molecule has 1 nitrogen and oxygen atoms in total. The molecular weight excluding hydrogens is 249 g/mol. The first-order chi connectivity index (χ1) is 9.54. The maximum absolute atomic E-state index is 12.9. The predicted molar refractivity (Wildman–Crippen MR) is 83.3 cm³/mol. The maximum atomic E-state index is 12.9. The Bertz CT molecular complexity index is 390. The van der Waals surface area contributed by atoms with Gasteiger partial charge >= 0.3 is 0 Å². The lowest BCUT2D eigenvalue weighted by Crippen LogP contribution is -2.40. The molecule has 1 aromatic carbocycles. The van der Waals surface area contributed by atoms with E-state index in [1.807, 2.05) is 12.1 Å². The Kier molecular flexibility index (Phi) is 5.59. The molecule has 0 heterocycles. The van der Waals surface area contributed by atoms with Gasteiger partial charge in [-0.05, 0) is 68.6 Å². The fourth-order valence-electron chi connectivity index (χ4n) is 3.39. The molecule has 1 fully saturated rings. The molecule has 1 atom stereocenters. The number of hydrogen-bond acceptors (Lipinski definition) is 1. The van der Waals surface area contributed by atoms with Gasteiger partial charge in [0.25, 0.3) is 0 Å². The van der Waals surface area contributed by atoms with Crippen molar-refractivity contribution in [3.05, 3.63) is 35.6 Å². The summed E-state index contributed by atoms with van der Waals surface area (Å²) in [5, 5.41) is 3.75. The van der Waals surface area contributed by atoms with Crippen LogP contribution in [0.4, 0.5) is 4.39 Å². The van der Waals surface area contributed by atoms with E-state index in [0.717, 1.165) is 18.3 Å². The third-order valence-electron chi connectivity index (χ3n) is 4.69. The summed E-state index contributed by atoms with van der Waals surface area (Å²) in [6.45, 7) is 6.92. The Morgan fingerprint density at radius 1 is 1.05 bits per heavy atom. The summed E-state index contributed by atoms with van der Waals surface area (Å²) in [7, 11) is 0. The van der Waals surface area contributed by atoms with Gasteiger partial charge in [-0.25, -0.2) is 4.39 Å². The largest absolute Gasteiger partial charge is 0.311 e. The van der Waals surface area contributed by atoms with Crippen LogP contribution in [-0.2, 0) is 6.42 Å². The van der Waals surface area contributed by atoms with Crippen LogP contribution >= 0.6 is 0 Å². The number of benzene rings is 1. The van der Waals surface area contributed by atoms with Crippen LogP contribution in [0, 0.1) is 17.7 Å². The quantitative estimate of drug-likeness (QED) is 0.832. The molecule has 112 valence electrons. The van der Waals surface area contributed by atoms with Gasteiger partial charge in [0.15, 0.2) is 0 Å². The van der Waals surface area contributed by atoms with E-state index in [1.54, 1.807) is 12.1 Å². The van der Waals surface area contributed by atoms with Crippen LogP contribution in [0.1, 0.15) is 52.0 Å². The summed E-state index contributed by atoms with van der Waals surface area (Å²) in [5.74, 6) is 1.59. The third-order valence-corrected chi connectivity index (χ3v) is 4.69. The van der Waals surface area contributed by atoms with Crippen molar-refractivity contribution >= 4 is 0 Å². The SMILES string of the molecule is CC(Cc1ccc(F)cc1)NC1CCC(C(C)C)CC1. The summed E-state index contributed by atoms with van der Waals surface area (Å²) in [6, 6.07) is 8.01. The van der Waals surface area contributed by atoms with Gasteiger partial charge in [-0.2, -0.15) is 0 Å². The predicted octanol–water partition coefficient (Wildman–Crippen LogP) is 4.56. The molecule has 1 N–H and O–H groups in total. The zero-order valence-corrected chi connectivity index (χ0v) is 13.0. The molecule has 0 saturated heterocycles. The first kappa shape index (κ1) is 15.5. The Morgan fingerprint density at radius 2 is 1.65 bits per heavy atom. The van der Waals surface area contributed by atoms with Crippen LogP contribution < -0.4 is 5.32 Å². The van der Waals surface area contributed by atoms with E-state index in [-0.39, 0.29) is 5.82 Å². The van der Waals surface area contributed by atoms with E-state index in [4.69, 9.17) is 0 Å². The number of hydrogen-bond donors (Lipinski definition) is 1.